The number of hydrogen-bond acceptors (Lipinski definition) is 2. The maximum Gasteiger partial charge on any atom is 0.124 e. The van der Waals surface area contributed by atoms with Crippen molar-refractivity contribution < 1.29 is 4.74 Å². The molecule has 0 spiro atoms. The van der Waals surface area contributed by atoms with Gasteiger partial charge in [-0.05, 0) is 44.6 Å². The van der Waals surface area contributed by atoms with Crippen LogP contribution in [0, 0.1) is 11.8 Å². The maximum absolute atomic E-state index is 6.46. The molecule has 3 atom stereocenters. The van der Waals surface area contributed by atoms with Crippen molar-refractivity contribution >= 4 is 0 Å². The van der Waals surface area contributed by atoms with Gasteiger partial charge in [0, 0.05) is 11.6 Å². The fourth-order valence-electron chi connectivity index (χ4n) is 2.95. The molecule has 0 heterocycles. The zero-order chi connectivity index (χ0) is 13.1. The number of benzene rings is 1. The van der Waals surface area contributed by atoms with Gasteiger partial charge >= 0.3 is 0 Å². The van der Waals surface area contributed by atoms with E-state index in [0.717, 1.165) is 11.7 Å². The van der Waals surface area contributed by atoms with Crippen LogP contribution < -0.4 is 10.5 Å². The molecule has 2 nitrogen and oxygen atoms in total. The van der Waals surface area contributed by atoms with Gasteiger partial charge in [-0.15, -0.1) is 0 Å². The van der Waals surface area contributed by atoms with Crippen molar-refractivity contribution in [3.63, 3.8) is 0 Å². The van der Waals surface area contributed by atoms with Crippen molar-refractivity contribution in [2.24, 2.45) is 17.6 Å². The number of hydrogen-bond donors (Lipinski definition) is 1. The van der Waals surface area contributed by atoms with E-state index in [1.54, 1.807) is 0 Å². The lowest BCUT2D eigenvalue weighted by Gasteiger charge is -2.23. The van der Waals surface area contributed by atoms with Crippen LogP contribution in [0.25, 0.3) is 0 Å². The van der Waals surface area contributed by atoms with Crippen LogP contribution in [0.3, 0.4) is 0 Å². The van der Waals surface area contributed by atoms with Crippen molar-refractivity contribution in [1.82, 2.24) is 0 Å². The normalized spacial score (nSPS) is 25.4. The summed E-state index contributed by atoms with van der Waals surface area (Å²) in [6.07, 6.45) is 4.00. The second-order valence-electron chi connectivity index (χ2n) is 5.91. The van der Waals surface area contributed by atoms with E-state index in [1.165, 1.54) is 24.8 Å². The molecule has 0 aliphatic heterocycles. The molecule has 2 heteroatoms. The molecule has 3 unspecified atom stereocenters. The third-order valence-electron chi connectivity index (χ3n) is 3.88. The van der Waals surface area contributed by atoms with Gasteiger partial charge in [0.15, 0.2) is 0 Å². The Kier molecular flexibility index (Phi) is 4.28. The highest BCUT2D eigenvalue weighted by Gasteiger charge is 2.28. The molecule has 100 valence electrons. The summed E-state index contributed by atoms with van der Waals surface area (Å²) < 4.78 is 5.87. The first kappa shape index (κ1) is 13.4. The third kappa shape index (κ3) is 3.05. The van der Waals surface area contributed by atoms with Gasteiger partial charge in [-0.3, -0.25) is 0 Å². The molecule has 1 saturated carbocycles. The minimum Gasteiger partial charge on any atom is -0.491 e. The van der Waals surface area contributed by atoms with E-state index in [4.69, 9.17) is 10.5 Å². The number of ether oxygens (including phenoxy) is 1. The van der Waals surface area contributed by atoms with Crippen LogP contribution in [0.15, 0.2) is 24.3 Å². The van der Waals surface area contributed by atoms with E-state index < -0.39 is 0 Å². The SMILES string of the molecule is CC1CCC(C(N)c2ccccc2OC(C)C)C1. The summed E-state index contributed by atoms with van der Waals surface area (Å²) in [4.78, 5) is 0. The summed E-state index contributed by atoms with van der Waals surface area (Å²) in [5.41, 5.74) is 7.63. The van der Waals surface area contributed by atoms with E-state index >= 15 is 0 Å². The van der Waals surface area contributed by atoms with Crippen molar-refractivity contribution in [1.29, 1.82) is 0 Å². The Hall–Kier alpha value is -1.02. The Morgan fingerprint density at radius 2 is 1.94 bits per heavy atom. The van der Waals surface area contributed by atoms with Gasteiger partial charge in [0.1, 0.15) is 5.75 Å². The van der Waals surface area contributed by atoms with Gasteiger partial charge < -0.3 is 10.5 Å². The van der Waals surface area contributed by atoms with Gasteiger partial charge in [-0.2, -0.15) is 0 Å². The second kappa shape index (κ2) is 5.75. The van der Waals surface area contributed by atoms with Crippen LogP contribution in [0.5, 0.6) is 5.75 Å². The first-order chi connectivity index (χ1) is 8.58. The number of rotatable bonds is 4. The summed E-state index contributed by atoms with van der Waals surface area (Å²) in [5.74, 6) is 2.38. The van der Waals surface area contributed by atoms with Gasteiger partial charge in [-0.1, -0.05) is 31.5 Å². The first-order valence-electron chi connectivity index (χ1n) is 7.09. The summed E-state index contributed by atoms with van der Waals surface area (Å²) in [5, 5.41) is 0. The molecule has 1 aromatic rings. The highest BCUT2D eigenvalue weighted by Crippen LogP contribution is 2.40. The minimum absolute atomic E-state index is 0.116. The lowest BCUT2D eigenvalue weighted by Crippen LogP contribution is -2.21. The first-order valence-corrected chi connectivity index (χ1v) is 7.09. The second-order valence-corrected chi connectivity index (χ2v) is 5.91. The Morgan fingerprint density at radius 1 is 1.22 bits per heavy atom. The maximum atomic E-state index is 6.46. The Morgan fingerprint density at radius 3 is 2.56 bits per heavy atom. The average Bonchev–Trinajstić information content (AvgIpc) is 2.75. The Bertz CT molecular complexity index is 388. The van der Waals surface area contributed by atoms with Crippen molar-refractivity contribution in [3.05, 3.63) is 29.8 Å². The van der Waals surface area contributed by atoms with Crippen molar-refractivity contribution in [2.75, 3.05) is 0 Å². The molecule has 18 heavy (non-hydrogen) atoms. The fraction of sp³-hybridized carbons (Fsp3) is 0.625. The van der Waals surface area contributed by atoms with Crippen molar-refractivity contribution in [3.8, 4) is 5.75 Å². The van der Waals surface area contributed by atoms with Gasteiger partial charge in [-0.25, -0.2) is 0 Å². The van der Waals surface area contributed by atoms with E-state index in [9.17, 15) is 0 Å². The molecule has 1 aliphatic carbocycles. The summed E-state index contributed by atoms with van der Waals surface area (Å²) in [7, 11) is 0. The predicted octanol–water partition coefficient (Wildman–Crippen LogP) is 3.91. The molecule has 1 aromatic carbocycles. The van der Waals surface area contributed by atoms with Crippen LogP contribution in [-0.4, -0.2) is 6.10 Å². The zero-order valence-corrected chi connectivity index (χ0v) is 11.7. The topological polar surface area (TPSA) is 35.2 Å². The molecule has 0 amide bonds. The van der Waals surface area contributed by atoms with E-state index in [2.05, 4.69) is 32.9 Å². The average molecular weight is 247 g/mol. The van der Waals surface area contributed by atoms with E-state index in [-0.39, 0.29) is 12.1 Å². The quantitative estimate of drug-likeness (QED) is 0.875. The van der Waals surface area contributed by atoms with Crippen LogP contribution in [0.2, 0.25) is 0 Å². The van der Waals surface area contributed by atoms with Crippen LogP contribution in [0.4, 0.5) is 0 Å². The van der Waals surface area contributed by atoms with Gasteiger partial charge in [0.25, 0.3) is 0 Å². The highest BCUT2D eigenvalue weighted by molar-refractivity contribution is 5.36. The smallest absolute Gasteiger partial charge is 0.124 e. The highest BCUT2D eigenvalue weighted by atomic mass is 16.5. The third-order valence-corrected chi connectivity index (χ3v) is 3.88. The van der Waals surface area contributed by atoms with Gasteiger partial charge in [0.05, 0.1) is 6.10 Å². The monoisotopic (exact) mass is 247 g/mol. The van der Waals surface area contributed by atoms with Crippen LogP contribution in [-0.2, 0) is 0 Å². The summed E-state index contributed by atoms with van der Waals surface area (Å²) in [6, 6.07) is 8.34. The van der Waals surface area contributed by atoms with Crippen LogP contribution in [0.1, 0.15) is 51.6 Å². The standard InChI is InChI=1S/C16H25NO/c1-11(2)18-15-7-5-4-6-14(15)16(17)13-9-8-12(3)10-13/h4-7,11-13,16H,8-10,17H2,1-3H3. The zero-order valence-electron chi connectivity index (χ0n) is 11.7. The van der Waals surface area contributed by atoms with E-state index in [1.807, 2.05) is 12.1 Å². The molecule has 0 aromatic heterocycles. The Balaban J connectivity index is 2.16. The lowest BCUT2D eigenvalue weighted by atomic mass is 9.91. The largest absolute Gasteiger partial charge is 0.491 e. The fourth-order valence-corrected chi connectivity index (χ4v) is 2.95. The molecular weight excluding hydrogens is 222 g/mol. The predicted molar refractivity (Wildman–Crippen MR) is 75.6 cm³/mol. The molecule has 1 fully saturated rings. The lowest BCUT2D eigenvalue weighted by molar-refractivity contribution is 0.236. The number of nitrogens with two attached hydrogens (primary N) is 1. The molecule has 1 aliphatic rings. The Labute approximate surface area is 111 Å². The molecular formula is C16H25NO. The molecule has 0 saturated heterocycles. The molecule has 2 N–H and O–H groups in total. The van der Waals surface area contributed by atoms with Crippen LogP contribution >= 0.6 is 0 Å². The van der Waals surface area contributed by atoms with Gasteiger partial charge in [0.2, 0.25) is 0 Å². The van der Waals surface area contributed by atoms with E-state index in [0.29, 0.717) is 5.92 Å². The molecule has 2 rings (SSSR count). The molecule has 0 bridgehead atoms. The molecule has 0 radical (unpaired) electrons. The summed E-state index contributed by atoms with van der Waals surface area (Å²) >= 11 is 0. The number of para-hydroxylation sites is 1. The minimum atomic E-state index is 0.116. The van der Waals surface area contributed by atoms with Crippen molar-refractivity contribution in [2.45, 2.75) is 52.2 Å². The summed E-state index contributed by atoms with van der Waals surface area (Å²) in [6.45, 7) is 6.43.